The van der Waals surface area contributed by atoms with Crippen molar-refractivity contribution in [2.75, 3.05) is 0 Å². The van der Waals surface area contributed by atoms with Crippen molar-refractivity contribution in [3.63, 3.8) is 0 Å². The summed E-state index contributed by atoms with van der Waals surface area (Å²) in [5.74, 6) is 5.70. The van der Waals surface area contributed by atoms with Gasteiger partial charge >= 0.3 is 0 Å². The standard InChI is InChI=1S/C15H21N3/c1-14-4-8-2-9-11-5-15(17-18-16,6-12(9)14)7-13(14)10(11)3-8/h8-13H,2-7H2,1H3. The summed E-state index contributed by atoms with van der Waals surface area (Å²) >= 11 is 0. The second-order valence-corrected chi connectivity index (χ2v) is 8.28. The average Bonchev–Trinajstić information content (AvgIpc) is 2.35. The van der Waals surface area contributed by atoms with E-state index in [0.29, 0.717) is 5.41 Å². The maximum atomic E-state index is 8.93. The largest absolute Gasteiger partial charge is 0.0872 e. The lowest BCUT2D eigenvalue weighted by molar-refractivity contribution is -0.253. The van der Waals surface area contributed by atoms with Crippen molar-refractivity contribution in [1.29, 1.82) is 0 Å². The first-order valence-corrected chi connectivity index (χ1v) is 7.71. The number of hydrogen-bond acceptors (Lipinski definition) is 1. The van der Waals surface area contributed by atoms with E-state index in [1.807, 2.05) is 0 Å². The molecule has 7 aliphatic rings. The van der Waals surface area contributed by atoms with Crippen molar-refractivity contribution >= 4 is 0 Å². The first-order valence-electron chi connectivity index (χ1n) is 7.71. The number of azide groups is 1. The Bertz CT molecular complexity index is 454. The van der Waals surface area contributed by atoms with Crippen LogP contribution in [-0.4, -0.2) is 5.54 Å². The van der Waals surface area contributed by atoms with Gasteiger partial charge in [0.1, 0.15) is 0 Å². The van der Waals surface area contributed by atoms with Gasteiger partial charge in [0.15, 0.2) is 0 Å². The Hall–Kier alpha value is -0.690. The zero-order valence-corrected chi connectivity index (χ0v) is 11.0. The lowest BCUT2D eigenvalue weighted by atomic mass is 9.30. The van der Waals surface area contributed by atoms with Gasteiger partial charge in [0.05, 0.1) is 0 Å². The fourth-order valence-corrected chi connectivity index (χ4v) is 7.60. The molecule has 0 N–H and O–H groups in total. The minimum absolute atomic E-state index is 0.0332. The van der Waals surface area contributed by atoms with Gasteiger partial charge in [0, 0.05) is 10.5 Å². The molecular formula is C15H21N3. The molecule has 18 heavy (non-hydrogen) atoms. The molecule has 4 atom stereocenters. The molecule has 0 aromatic heterocycles. The molecule has 4 unspecified atom stereocenters. The molecule has 7 rings (SSSR count). The second kappa shape index (κ2) is 2.75. The van der Waals surface area contributed by atoms with Crippen LogP contribution in [0.2, 0.25) is 0 Å². The molecule has 0 spiro atoms. The summed E-state index contributed by atoms with van der Waals surface area (Å²) in [7, 11) is 0. The molecule has 0 radical (unpaired) electrons. The van der Waals surface area contributed by atoms with Gasteiger partial charge in [-0.05, 0) is 85.0 Å². The Labute approximate surface area is 108 Å². The fourth-order valence-electron chi connectivity index (χ4n) is 7.60. The van der Waals surface area contributed by atoms with Crippen LogP contribution in [0.1, 0.15) is 45.4 Å². The molecule has 0 heterocycles. The van der Waals surface area contributed by atoms with E-state index >= 15 is 0 Å². The smallest absolute Gasteiger partial charge is 0.0497 e. The summed E-state index contributed by atoms with van der Waals surface area (Å²) in [6.45, 7) is 2.58. The molecule has 7 saturated carbocycles. The van der Waals surface area contributed by atoms with E-state index in [2.05, 4.69) is 16.9 Å². The van der Waals surface area contributed by atoms with E-state index in [1.54, 1.807) is 0 Å². The van der Waals surface area contributed by atoms with Crippen LogP contribution in [0.25, 0.3) is 10.4 Å². The molecule has 0 aromatic rings. The van der Waals surface area contributed by atoms with Gasteiger partial charge < -0.3 is 0 Å². The molecule has 7 aliphatic carbocycles. The Morgan fingerprint density at radius 3 is 2.28 bits per heavy atom. The van der Waals surface area contributed by atoms with E-state index in [0.717, 1.165) is 35.5 Å². The Morgan fingerprint density at radius 1 is 1.00 bits per heavy atom. The molecular weight excluding hydrogens is 222 g/mol. The average molecular weight is 243 g/mol. The highest BCUT2D eigenvalue weighted by Gasteiger charge is 2.71. The molecule has 3 nitrogen and oxygen atoms in total. The van der Waals surface area contributed by atoms with Crippen LogP contribution in [0.3, 0.4) is 0 Å². The third-order valence-electron chi connectivity index (χ3n) is 7.84. The molecule has 96 valence electrons. The molecule has 0 amide bonds. The van der Waals surface area contributed by atoms with Crippen LogP contribution in [0.4, 0.5) is 0 Å². The van der Waals surface area contributed by atoms with Crippen LogP contribution in [0, 0.1) is 40.9 Å². The van der Waals surface area contributed by atoms with Crippen molar-refractivity contribution in [2.45, 2.75) is 51.0 Å². The van der Waals surface area contributed by atoms with Crippen LogP contribution in [-0.2, 0) is 0 Å². The molecule has 0 aromatic carbocycles. The monoisotopic (exact) mass is 243 g/mol. The summed E-state index contributed by atoms with van der Waals surface area (Å²) in [4.78, 5) is 3.21. The SMILES string of the molecule is CC12CC3CC4C5CC(N=[N+]=[N-])(CC41)CC2C5C3. The van der Waals surface area contributed by atoms with E-state index < -0.39 is 0 Å². The Kier molecular flexibility index (Phi) is 1.55. The Morgan fingerprint density at radius 2 is 1.67 bits per heavy atom. The van der Waals surface area contributed by atoms with Gasteiger partial charge in [-0.1, -0.05) is 12.0 Å². The summed E-state index contributed by atoms with van der Waals surface area (Å²) in [5, 5.41) is 4.31. The second-order valence-electron chi connectivity index (χ2n) is 8.28. The highest BCUT2D eigenvalue weighted by molar-refractivity contribution is 5.22. The third kappa shape index (κ3) is 0.891. The van der Waals surface area contributed by atoms with Crippen molar-refractivity contribution in [1.82, 2.24) is 0 Å². The quantitative estimate of drug-likeness (QED) is 0.377. The molecule has 7 fully saturated rings. The first kappa shape index (κ1) is 10.1. The van der Waals surface area contributed by atoms with Crippen molar-refractivity contribution < 1.29 is 0 Å². The Balaban J connectivity index is 1.68. The lowest BCUT2D eigenvalue weighted by Gasteiger charge is -2.75. The number of rotatable bonds is 1. The zero-order valence-electron chi connectivity index (χ0n) is 11.0. The zero-order chi connectivity index (χ0) is 12.1. The van der Waals surface area contributed by atoms with Gasteiger partial charge in [-0.25, -0.2) is 0 Å². The summed E-state index contributed by atoms with van der Waals surface area (Å²) < 4.78 is 0. The summed E-state index contributed by atoms with van der Waals surface area (Å²) in [6, 6.07) is 0. The minimum Gasteiger partial charge on any atom is -0.0872 e. The minimum atomic E-state index is 0.0332. The maximum absolute atomic E-state index is 8.93. The van der Waals surface area contributed by atoms with Crippen molar-refractivity contribution in [3.8, 4) is 0 Å². The van der Waals surface area contributed by atoms with E-state index in [-0.39, 0.29) is 5.54 Å². The highest BCUT2D eigenvalue weighted by atomic mass is 15.2. The molecule has 8 bridgehead atoms. The fraction of sp³-hybridized carbons (Fsp3) is 1.00. The van der Waals surface area contributed by atoms with E-state index in [1.165, 1.54) is 38.5 Å². The maximum Gasteiger partial charge on any atom is 0.0497 e. The molecule has 3 heteroatoms. The first-order chi connectivity index (χ1) is 8.65. The third-order valence-corrected chi connectivity index (χ3v) is 7.84. The molecule has 0 aliphatic heterocycles. The van der Waals surface area contributed by atoms with Gasteiger partial charge in [0.25, 0.3) is 0 Å². The predicted molar refractivity (Wildman–Crippen MR) is 68.6 cm³/mol. The van der Waals surface area contributed by atoms with Crippen LogP contribution < -0.4 is 0 Å². The van der Waals surface area contributed by atoms with Crippen LogP contribution in [0.5, 0.6) is 0 Å². The van der Waals surface area contributed by atoms with Gasteiger partial charge in [-0.2, -0.15) is 0 Å². The lowest BCUT2D eigenvalue weighted by Crippen LogP contribution is -2.70. The topological polar surface area (TPSA) is 48.8 Å². The summed E-state index contributed by atoms with van der Waals surface area (Å²) in [5.41, 5.74) is 9.57. The van der Waals surface area contributed by atoms with Crippen molar-refractivity contribution in [2.24, 2.45) is 46.0 Å². The van der Waals surface area contributed by atoms with Gasteiger partial charge in [-0.15, -0.1) is 0 Å². The molecule has 0 saturated heterocycles. The number of nitrogens with zero attached hydrogens (tertiary/aromatic N) is 3. The van der Waals surface area contributed by atoms with Crippen molar-refractivity contribution in [3.05, 3.63) is 10.4 Å². The van der Waals surface area contributed by atoms with E-state index in [4.69, 9.17) is 5.53 Å². The van der Waals surface area contributed by atoms with Crippen LogP contribution >= 0.6 is 0 Å². The van der Waals surface area contributed by atoms with Gasteiger partial charge in [0.2, 0.25) is 0 Å². The predicted octanol–water partition coefficient (Wildman–Crippen LogP) is 4.15. The van der Waals surface area contributed by atoms with Crippen LogP contribution in [0.15, 0.2) is 5.11 Å². The normalized spacial score (nSPS) is 66.3. The van der Waals surface area contributed by atoms with Gasteiger partial charge in [-0.3, -0.25) is 0 Å². The summed E-state index contributed by atoms with van der Waals surface area (Å²) in [6.07, 6.45) is 8.13. The number of hydrogen-bond donors (Lipinski definition) is 0. The van der Waals surface area contributed by atoms with E-state index in [9.17, 15) is 0 Å². The highest BCUT2D eigenvalue weighted by Crippen LogP contribution is 2.77.